The lowest BCUT2D eigenvalue weighted by atomic mass is 10.1. The van der Waals surface area contributed by atoms with Gasteiger partial charge < -0.3 is 16.0 Å². The number of nitrogens with zero attached hydrogens (tertiary/aromatic N) is 2. The van der Waals surface area contributed by atoms with Gasteiger partial charge in [0.25, 0.3) is 5.91 Å². The van der Waals surface area contributed by atoms with Crippen molar-refractivity contribution in [3.8, 4) is 0 Å². The van der Waals surface area contributed by atoms with Crippen molar-refractivity contribution in [2.75, 3.05) is 45.0 Å². The van der Waals surface area contributed by atoms with Crippen LogP contribution in [-0.4, -0.2) is 60.9 Å². The number of nitrogen functional groups attached to an aromatic ring is 1. The molecule has 2 amide bonds. The SMILES string of the molecule is CCNC(=O)CN1CCN(C(=O)c2ccc(N)cc2)CC1.Cl.Cl. The number of piperazine rings is 1. The second-order valence-electron chi connectivity index (χ2n) is 5.14. The van der Waals surface area contributed by atoms with Crippen LogP contribution in [0.25, 0.3) is 0 Å². The van der Waals surface area contributed by atoms with Gasteiger partial charge >= 0.3 is 0 Å². The zero-order valence-corrected chi connectivity index (χ0v) is 14.8. The molecule has 3 N–H and O–H groups in total. The molecule has 0 bridgehead atoms. The molecule has 1 aromatic carbocycles. The Morgan fingerprint density at radius 2 is 1.65 bits per heavy atom. The van der Waals surface area contributed by atoms with Gasteiger partial charge in [0.2, 0.25) is 5.91 Å². The highest BCUT2D eigenvalue weighted by Gasteiger charge is 2.22. The quantitative estimate of drug-likeness (QED) is 0.783. The predicted molar refractivity (Wildman–Crippen MR) is 96.4 cm³/mol. The van der Waals surface area contributed by atoms with Gasteiger partial charge in [0.15, 0.2) is 0 Å². The number of benzene rings is 1. The van der Waals surface area contributed by atoms with E-state index in [0.29, 0.717) is 37.4 Å². The number of amides is 2. The fraction of sp³-hybridized carbons (Fsp3) is 0.467. The van der Waals surface area contributed by atoms with Crippen LogP contribution in [0.3, 0.4) is 0 Å². The van der Waals surface area contributed by atoms with Gasteiger partial charge in [-0.25, -0.2) is 0 Å². The Morgan fingerprint density at radius 3 is 2.17 bits per heavy atom. The summed E-state index contributed by atoms with van der Waals surface area (Å²) in [6.07, 6.45) is 0. The van der Waals surface area contributed by atoms with Crippen molar-refractivity contribution in [2.45, 2.75) is 6.92 Å². The molecule has 0 unspecified atom stereocenters. The lowest BCUT2D eigenvalue weighted by molar-refractivity contribution is -0.122. The zero-order valence-electron chi connectivity index (χ0n) is 13.2. The van der Waals surface area contributed by atoms with Crippen molar-refractivity contribution in [1.29, 1.82) is 0 Å². The highest BCUT2D eigenvalue weighted by Crippen LogP contribution is 2.11. The van der Waals surface area contributed by atoms with Crippen molar-refractivity contribution in [3.63, 3.8) is 0 Å². The van der Waals surface area contributed by atoms with Crippen LogP contribution < -0.4 is 11.1 Å². The van der Waals surface area contributed by atoms with E-state index in [-0.39, 0.29) is 36.6 Å². The van der Waals surface area contributed by atoms with Crippen LogP contribution in [0.4, 0.5) is 5.69 Å². The number of nitrogens with one attached hydrogen (secondary N) is 1. The number of halogens is 2. The van der Waals surface area contributed by atoms with E-state index in [0.717, 1.165) is 13.1 Å². The summed E-state index contributed by atoms with van der Waals surface area (Å²) in [5.41, 5.74) is 6.93. The average molecular weight is 363 g/mol. The van der Waals surface area contributed by atoms with E-state index in [1.165, 1.54) is 0 Å². The Hall–Kier alpha value is -1.50. The maximum atomic E-state index is 12.3. The van der Waals surface area contributed by atoms with E-state index < -0.39 is 0 Å². The second kappa shape index (κ2) is 10.3. The third-order valence-electron chi connectivity index (χ3n) is 3.56. The summed E-state index contributed by atoms with van der Waals surface area (Å²) in [6, 6.07) is 6.97. The van der Waals surface area contributed by atoms with E-state index in [1.54, 1.807) is 24.3 Å². The third kappa shape index (κ3) is 6.25. The van der Waals surface area contributed by atoms with Crippen LogP contribution in [0.1, 0.15) is 17.3 Å². The van der Waals surface area contributed by atoms with Gasteiger partial charge in [-0.15, -0.1) is 24.8 Å². The van der Waals surface area contributed by atoms with Crippen molar-refractivity contribution in [3.05, 3.63) is 29.8 Å². The topological polar surface area (TPSA) is 78.7 Å². The van der Waals surface area contributed by atoms with Gasteiger partial charge in [-0.1, -0.05) is 0 Å². The summed E-state index contributed by atoms with van der Waals surface area (Å²) in [6.45, 7) is 5.67. The Bertz CT molecular complexity index is 503. The molecule has 0 saturated carbocycles. The minimum Gasteiger partial charge on any atom is -0.399 e. The molecule has 1 saturated heterocycles. The summed E-state index contributed by atoms with van der Waals surface area (Å²) in [4.78, 5) is 27.8. The summed E-state index contributed by atoms with van der Waals surface area (Å²) in [7, 11) is 0. The molecule has 6 nitrogen and oxygen atoms in total. The first-order chi connectivity index (χ1) is 10.1. The Balaban J connectivity index is 0.00000242. The number of nitrogens with two attached hydrogens (primary N) is 1. The standard InChI is InChI=1S/C15H22N4O2.2ClH/c1-2-17-14(20)11-18-7-9-19(10-8-18)15(21)12-3-5-13(16)6-4-12;;/h3-6H,2,7-11,16H2,1H3,(H,17,20);2*1H. The largest absolute Gasteiger partial charge is 0.399 e. The van der Waals surface area contributed by atoms with E-state index in [1.807, 2.05) is 11.8 Å². The van der Waals surface area contributed by atoms with Gasteiger partial charge in [-0.05, 0) is 31.2 Å². The highest BCUT2D eigenvalue weighted by molar-refractivity contribution is 5.94. The highest BCUT2D eigenvalue weighted by atomic mass is 35.5. The van der Waals surface area contributed by atoms with Gasteiger partial charge in [0.05, 0.1) is 6.54 Å². The number of likely N-dealkylation sites (N-methyl/N-ethyl adjacent to an activating group) is 1. The number of carbonyl (C=O) groups excluding carboxylic acids is 2. The molecule has 1 aliphatic rings. The van der Waals surface area contributed by atoms with Crippen molar-refractivity contribution < 1.29 is 9.59 Å². The average Bonchev–Trinajstić information content (AvgIpc) is 2.48. The molecule has 0 aliphatic carbocycles. The normalized spacial score (nSPS) is 14.4. The van der Waals surface area contributed by atoms with Gasteiger partial charge in [0.1, 0.15) is 0 Å². The van der Waals surface area contributed by atoms with Crippen molar-refractivity contribution >= 4 is 42.3 Å². The molecule has 8 heteroatoms. The van der Waals surface area contributed by atoms with Gasteiger partial charge in [-0.2, -0.15) is 0 Å². The van der Waals surface area contributed by atoms with E-state index in [2.05, 4.69) is 10.2 Å². The molecular weight excluding hydrogens is 339 g/mol. The van der Waals surface area contributed by atoms with E-state index >= 15 is 0 Å². The molecule has 1 aromatic rings. The molecule has 23 heavy (non-hydrogen) atoms. The number of rotatable bonds is 4. The predicted octanol–water partition coefficient (Wildman–Crippen LogP) is 1.01. The molecule has 0 atom stereocenters. The summed E-state index contributed by atoms with van der Waals surface area (Å²) < 4.78 is 0. The Kier molecular flexibility index (Phi) is 9.64. The first-order valence-electron chi connectivity index (χ1n) is 7.24. The first kappa shape index (κ1) is 21.5. The molecule has 2 rings (SSSR count). The second-order valence-corrected chi connectivity index (χ2v) is 5.14. The minimum absolute atomic E-state index is 0. The minimum atomic E-state index is 0. The van der Waals surface area contributed by atoms with Crippen LogP contribution in [-0.2, 0) is 4.79 Å². The Labute approximate surface area is 149 Å². The Morgan fingerprint density at radius 1 is 1.09 bits per heavy atom. The van der Waals surface area contributed by atoms with Crippen LogP contribution in [0, 0.1) is 0 Å². The smallest absolute Gasteiger partial charge is 0.253 e. The summed E-state index contributed by atoms with van der Waals surface area (Å²) in [5, 5.41) is 2.78. The molecule has 0 radical (unpaired) electrons. The molecule has 1 aliphatic heterocycles. The fourth-order valence-electron chi connectivity index (χ4n) is 2.37. The van der Waals surface area contributed by atoms with Crippen molar-refractivity contribution in [1.82, 2.24) is 15.1 Å². The number of hydrogen-bond donors (Lipinski definition) is 2. The van der Waals surface area contributed by atoms with Crippen LogP contribution in [0.2, 0.25) is 0 Å². The van der Waals surface area contributed by atoms with Crippen LogP contribution in [0.15, 0.2) is 24.3 Å². The van der Waals surface area contributed by atoms with Gasteiger partial charge in [-0.3, -0.25) is 14.5 Å². The lowest BCUT2D eigenvalue weighted by Gasteiger charge is -2.34. The number of anilines is 1. The van der Waals surface area contributed by atoms with Crippen LogP contribution >= 0.6 is 24.8 Å². The summed E-state index contributed by atoms with van der Waals surface area (Å²) in [5.74, 6) is 0.0588. The molecular formula is C15H24Cl2N4O2. The molecule has 130 valence electrons. The number of carbonyl (C=O) groups is 2. The van der Waals surface area contributed by atoms with E-state index in [9.17, 15) is 9.59 Å². The molecule has 0 spiro atoms. The van der Waals surface area contributed by atoms with Gasteiger partial charge in [0, 0.05) is 44.0 Å². The monoisotopic (exact) mass is 362 g/mol. The van der Waals surface area contributed by atoms with Crippen molar-refractivity contribution in [2.24, 2.45) is 0 Å². The molecule has 0 aromatic heterocycles. The molecule has 1 heterocycles. The third-order valence-corrected chi connectivity index (χ3v) is 3.56. The lowest BCUT2D eigenvalue weighted by Crippen LogP contribution is -2.51. The fourth-order valence-corrected chi connectivity index (χ4v) is 2.37. The summed E-state index contributed by atoms with van der Waals surface area (Å²) >= 11 is 0. The molecule has 1 fully saturated rings. The zero-order chi connectivity index (χ0) is 15.2. The maximum Gasteiger partial charge on any atom is 0.253 e. The maximum absolute atomic E-state index is 12.3. The number of hydrogen-bond acceptors (Lipinski definition) is 4. The van der Waals surface area contributed by atoms with Crippen LogP contribution in [0.5, 0.6) is 0 Å². The first-order valence-corrected chi connectivity index (χ1v) is 7.24. The van der Waals surface area contributed by atoms with E-state index in [4.69, 9.17) is 5.73 Å².